The molecule has 0 spiro atoms. The zero-order valence-corrected chi connectivity index (χ0v) is 40.5. The first-order valence-corrected chi connectivity index (χ1v) is 24.0. The van der Waals surface area contributed by atoms with Crippen LogP contribution in [-0.4, -0.2) is 144 Å². The van der Waals surface area contributed by atoms with Gasteiger partial charge in [-0.25, -0.2) is 0 Å². The molecule has 13 N–H and O–H groups in total. The number of methoxy groups -OCH3 is 1. The van der Waals surface area contributed by atoms with Gasteiger partial charge in [0.25, 0.3) is 0 Å². The lowest BCUT2D eigenvalue weighted by Gasteiger charge is -2.31. The number of likely N-dealkylation sites (tertiary alicyclic amines) is 1. The Labute approximate surface area is 408 Å². The Bertz CT molecular complexity index is 2120. The van der Waals surface area contributed by atoms with E-state index < -0.39 is 151 Å². The monoisotopic (exact) mass is 989 g/mol. The molecule has 1 aromatic carbocycles. The first-order chi connectivity index (χ1) is 33.4. The minimum atomic E-state index is -2.35. The highest BCUT2D eigenvalue weighted by atomic mass is 32.2. The standard InChI is InChI=1S/C45H69N11O12S/c1-6-25(4)38-44(66)51-28(15-16-34(46)57)40(62)52-31(21-35(47)58)41(63)54-32(23-69-18-8-10-37(60)50-30(42(64)55-38)20-26-11-13-27(68-5)14-12-26)45(67)56-17-7-9-33(56)43(65)53-29(19-24(2)3)39(61)49-22-36(48)59/h11-14,24-25,28-33,38H,6-10,15-23H2,1-5H3,(H2,46,57)(H2,47,58)(H2,48,59)(H,49,61)(H,50,60)(H,51,66)(H,52,62)(H,53,65)(H,54,63)(H,55,64)/i19D2. The predicted molar refractivity (Wildman–Crippen MR) is 253 cm³/mol. The highest BCUT2D eigenvalue weighted by Gasteiger charge is 2.40. The largest absolute Gasteiger partial charge is 0.497 e. The maximum absolute atomic E-state index is 14.5. The van der Waals surface area contributed by atoms with Gasteiger partial charge in [0.2, 0.25) is 65.0 Å². The van der Waals surface area contributed by atoms with Crippen molar-refractivity contribution in [3.8, 4) is 5.75 Å². The summed E-state index contributed by atoms with van der Waals surface area (Å²) in [7, 11) is 1.49. The van der Waals surface area contributed by atoms with Crippen LogP contribution in [0, 0.1) is 11.8 Å². The average molecular weight is 990 g/mol. The highest BCUT2D eigenvalue weighted by Crippen LogP contribution is 2.22. The molecule has 0 radical (unpaired) electrons. The highest BCUT2D eigenvalue weighted by molar-refractivity contribution is 7.99. The Morgan fingerprint density at radius 3 is 2.10 bits per heavy atom. The Hall–Kier alpha value is -6.46. The van der Waals surface area contributed by atoms with E-state index in [4.69, 9.17) is 24.7 Å². The van der Waals surface area contributed by atoms with Crippen molar-refractivity contribution >= 4 is 76.7 Å². The van der Waals surface area contributed by atoms with Gasteiger partial charge in [-0.3, -0.25) is 52.7 Å². The zero-order valence-electron chi connectivity index (χ0n) is 41.7. The molecule has 0 saturated carbocycles. The van der Waals surface area contributed by atoms with E-state index in [0.717, 1.165) is 16.7 Å². The summed E-state index contributed by atoms with van der Waals surface area (Å²) >= 11 is 1.14. The maximum atomic E-state index is 14.5. The van der Waals surface area contributed by atoms with E-state index in [9.17, 15) is 52.7 Å². The Kier molecular flexibility index (Phi) is 21.8. The van der Waals surface area contributed by atoms with Gasteiger partial charge in [-0.05, 0) is 67.3 Å². The Morgan fingerprint density at radius 2 is 1.49 bits per heavy atom. The summed E-state index contributed by atoms with van der Waals surface area (Å²) in [6.07, 6.45) is -3.17. The summed E-state index contributed by atoms with van der Waals surface area (Å²) in [4.78, 5) is 148. The average Bonchev–Trinajstić information content (AvgIpc) is 3.81. The van der Waals surface area contributed by atoms with Crippen molar-refractivity contribution in [3.05, 3.63) is 29.8 Å². The third kappa shape index (κ3) is 18.9. The fraction of sp³-hybridized carbons (Fsp3) is 0.622. The minimum absolute atomic E-state index is 0.00301. The van der Waals surface area contributed by atoms with Crippen molar-refractivity contribution < 1.29 is 60.2 Å². The molecule has 2 aliphatic heterocycles. The number of thioether (sulfide) groups is 1. The molecule has 2 heterocycles. The lowest BCUT2D eigenvalue weighted by atomic mass is 9.96. The minimum Gasteiger partial charge on any atom is -0.497 e. The number of nitrogens with two attached hydrogens (primary N) is 3. The molecule has 382 valence electrons. The van der Waals surface area contributed by atoms with Gasteiger partial charge in [0, 0.05) is 34.3 Å². The van der Waals surface area contributed by atoms with Crippen LogP contribution in [0.3, 0.4) is 0 Å². The van der Waals surface area contributed by atoms with Gasteiger partial charge in [0.05, 0.1) is 20.1 Å². The second-order valence-electron chi connectivity index (χ2n) is 17.2. The normalized spacial score (nSPS) is 23.8. The number of carbonyl (C=O) groups is 11. The van der Waals surface area contributed by atoms with Crippen molar-refractivity contribution in [2.75, 3.05) is 31.7 Å². The first-order valence-electron chi connectivity index (χ1n) is 23.8. The number of hydrogen-bond donors (Lipinski definition) is 10. The molecule has 8 atom stereocenters. The van der Waals surface area contributed by atoms with Crippen molar-refractivity contribution in [2.24, 2.45) is 29.0 Å². The molecule has 69 heavy (non-hydrogen) atoms. The third-order valence-electron chi connectivity index (χ3n) is 11.3. The predicted octanol–water partition coefficient (Wildman–Crippen LogP) is -2.50. The topological polar surface area (TPSA) is 363 Å². The van der Waals surface area contributed by atoms with Crippen LogP contribution in [0.2, 0.25) is 0 Å². The van der Waals surface area contributed by atoms with E-state index in [1.807, 2.05) is 0 Å². The second-order valence-corrected chi connectivity index (χ2v) is 18.4. The summed E-state index contributed by atoms with van der Waals surface area (Å²) in [6.45, 7) is 5.74. The van der Waals surface area contributed by atoms with Crippen LogP contribution in [0.4, 0.5) is 0 Å². The van der Waals surface area contributed by atoms with Crippen molar-refractivity contribution in [1.82, 2.24) is 42.1 Å². The number of rotatable bonds is 18. The third-order valence-corrected chi connectivity index (χ3v) is 12.5. The molecule has 2 fully saturated rings. The summed E-state index contributed by atoms with van der Waals surface area (Å²) < 4.78 is 22.5. The smallest absolute Gasteiger partial charge is 0.246 e. The van der Waals surface area contributed by atoms with E-state index in [1.165, 1.54) is 21.0 Å². The van der Waals surface area contributed by atoms with E-state index >= 15 is 0 Å². The van der Waals surface area contributed by atoms with Gasteiger partial charge in [-0.2, -0.15) is 11.8 Å². The van der Waals surface area contributed by atoms with Crippen LogP contribution in [-0.2, 0) is 59.2 Å². The second kappa shape index (κ2) is 28.1. The molecule has 8 unspecified atom stereocenters. The van der Waals surface area contributed by atoms with Crippen LogP contribution >= 0.6 is 11.8 Å². The van der Waals surface area contributed by atoms with E-state index in [1.54, 1.807) is 38.1 Å². The van der Waals surface area contributed by atoms with Crippen LogP contribution in [0.1, 0.15) is 93.7 Å². The van der Waals surface area contributed by atoms with Crippen molar-refractivity contribution in [3.63, 3.8) is 0 Å². The number of amides is 11. The Balaban J connectivity index is 2.05. The number of benzene rings is 1. The number of hydrogen-bond acceptors (Lipinski definition) is 13. The van der Waals surface area contributed by atoms with Crippen LogP contribution in [0.5, 0.6) is 5.75 Å². The summed E-state index contributed by atoms with van der Waals surface area (Å²) in [5, 5.41) is 17.6. The summed E-state index contributed by atoms with van der Waals surface area (Å²) in [6, 6.07) is -3.62. The van der Waals surface area contributed by atoms with Crippen LogP contribution < -0.4 is 59.2 Å². The van der Waals surface area contributed by atoms with Gasteiger partial charge < -0.3 is 64.1 Å². The quantitative estimate of drug-likeness (QED) is 0.0728. The summed E-state index contributed by atoms with van der Waals surface area (Å²) in [5.41, 5.74) is 16.7. The van der Waals surface area contributed by atoms with Crippen molar-refractivity contribution in [2.45, 2.75) is 134 Å². The molecule has 11 amide bonds. The number of carbonyl (C=O) groups excluding carboxylic acids is 11. The molecule has 1 aromatic rings. The molecule has 0 aromatic heterocycles. The van der Waals surface area contributed by atoms with Gasteiger partial charge >= 0.3 is 0 Å². The summed E-state index contributed by atoms with van der Waals surface area (Å²) in [5.74, 6) is -10.6. The maximum Gasteiger partial charge on any atom is 0.246 e. The Morgan fingerprint density at radius 1 is 0.841 bits per heavy atom. The molecule has 0 aliphatic carbocycles. The zero-order chi connectivity index (χ0) is 53.2. The fourth-order valence-electron chi connectivity index (χ4n) is 7.45. The molecular weight excluding hydrogens is 919 g/mol. The van der Waals surface area contributed by atoms with Gasteiger partial charge in [-0.1, -0.05) is 46.2 Å². The van der Waals surface area contributed by atoms with Gasteiger partial charge in [0.1, 0.15) is 48.0 Å². The van der Waals surface area contributed by atoms with Crippen molar-refractivity contribution in [1.29, 1.82) is 0 Å². The van der Waals surface area contributed by atoms with E-state index in [-0.39, 0.29) is 50.2 Å². The molecule has 2 aliphatic rings. The number of ether oxygens (including phenoxy) is 1. The fourth-order valence-corrected chi connectivity index (χ4v) is 8.42. The lowest BCUT2D eigenvalue weighted by Crippen LogP contribution is -2.61. The molecule has 2 saturated heterocycles. The number of nitrogens with one attached hydrogen (secondary N) is 7. The van der Waals surface area contributed by atoms with Crippen LogP contribution in [0.15, 0.2) is 24.3 Å². The molecule has 0 bridgehead atoms. The molecule has 3 rings (SSSR count). The SMILES string of the molecule is [2H]C([2H])(C(C)C)C(NC(=O)C1CCCN1C(=O)C1CSCCCC(=O)NC(Cc2ccc(OC)cc2)C(=O)NC(C(C)CC)C(=O)NC(CCC(N)=O)C(=O)NC(CC(N)=O)C(=O)N1)C(=O)NCC(N)=O. The molecule has 24 heteroatoms. The lowest BCUT2D eigenvalue weighted by molar-refractivity contribution is -0.142. The molecular formula is C45H69N11O12S. The van der Waals surface area contributed by atoms with Gasteiger partial charge in [0.15, 0.2) is 0 Å². The molecule has 23 nitrogen and oxygen atoms in total. The van der Waals surface area contributed by atoms with E-state index in [2.05, 4.69) is 37.2 Å². The van der Waals surface area contributed by atoms with Crippen LogP contribution in [0.25, 0.3) is 0 Å². The number of primary amides is 3. The van der Waals surface area contributed by atoms with E-state index in [0.29, 0.717) is 17.7 Å². The number of nitrogens with zero attached hydrogens (tertiary/aromatic N) is 1. The first kappa shape index (κ1) is 53.5. The van der Waals surface area contributed by atoms with Gasteiger partial charge in [-0.15, -0.1) is 0 Å².